The van der Waals surface area contributed by atoms with Gasteiger partial charge in [0.05, 0.1) is 12.8 Å². The van der Waals surface area contributed by atoms with Gasteiger partial charge in [-0.15, -0.1) is 0 Å². The minimum Gasteiger partial charge on any atom is -0.481 e. The number of likely N-dealkylation sites (N-methyl/N-ethyl adjacent to an activating group) is 1. The van der Waals surface area contributed by atoms with Crippen molar-refractivity contribution in [3.8, 4) is 0 Å². The maximum absolute atomic E-state index is 12.0. The summed E-state index contributed by atoms with van der Waals surface area (Å²) < 4.78 is 0. The summed E-state index contributed by atoms with van der Waals surface area (Å²) >= 11 is 0. The van der Waals surface area contributed by atoms with Crippen molar-refractivity contribution in [1.82, 2.24) is 4.90 Å². The molecule has 0 radical (unpaired) electrons. The molecule has 2 amide bonds. The molecule has 0 aromatic heterocycles. The van der Waals surface area contributed by atoms with Gasteiger partial charge >= 0.3 is 5.97 Å². The Balaban J connectivity index is 2.59. The Morgan fingerprint density at radius 2 is 1.65 bits per heavy atom. The predicted molar refractivity (Wildman–Crippen MR) is 88.1 cm³/mol. The third kappa shape index (κ3) is 6.95. The van der Waals surface area contributed by atoms with Crippen molar-refractivity contribution in [2.75, 3.05) is 19.4 Å². The van der Waals surface area contributed by atoms with Crippen LogP contribution in [0.1, 0.15) is 32.3 Å². The van der Waals surface area contributed by atoms with E-state index in [9.17, 15) is 14.4 Å². The largest absolute Gasteiger partial charge is 0.481 e. The van der Waals surface area contributed by atoms with Gasteiger partial charge in [0, 0.05) is 26.2 Å². The number of hydrogen-bond donors (Lipinski definition) is 2. The first-order valence-electron chi connectivity index (χ1n) is 7.40. The molecular weight excluding hydrogens is 296 g/mol. The molecule has 0 saturated heterocycles. The fourth-order valence-corrected chi connectivity index (χ4v) is 2.15. The summed E-state index contributed by atoms with van der Waals surface area (Å²) in [5, 5.41) is 11.6. The number of aliphatic carboxylic acids is 1. The summed E-state index contributed by atoms with van der Waals surface area (Å²) in [6.45, 7) is 3.49. The van der Waals surface area contributed by atoms with Gasteiger partial charge in [0.2, 0.25) is 11.8 Å². The lowest BCUT2D eigenvalue weighted by Gasteiger charge is -2.21. The van der Waals surface area contributed by atoms with Crippen LogP contribution in [0.2, 0.25) is 0 Å². The van der Waals surface area contributed by atoms with Crippen molar-refractivity contribution in [2.24, 2.45) is 5.41 Å². The van der Waals surface area contributed by atoms with Crippen molar-refractivity contribution in [2.45, 2.75) is 33.1 Å². The maximum atomic E-state index is 12.0. The van der Waals surface area contributed by atoms with Gasteiger partial charge < -0.3 is 15.3 Å². The Hall–Kier alpha value is -2.37. The fraction of sp³-hybridized carbons (Fsp3) is 0.471. The van der Waals surface area contributed by atoms with E-state index in [2.05, 4.69) is 5.32 Å². The Morgan fingerprint density at radius 1 is 1.09 bits per heavy atom. The van der Waals surface area contributed by atoms with E-state index in [-0.39, 0.29) is 24.7 Å². The van der Waals surface area contributed by atoms with Crippen LogP contribution in [0.4, 0.5) is 5.69 Å². The van der Waals surface area contributed by atoms with Crippen molar-refractivity contribution in [3.05, 3.63) is 29.8 Å². The molecule has 2 N–H and O–H groups in total. The predicted octanol–water partition coefficient (Wildman–Crippen LogP) is 2.15. The van der Waals surface area contributed by atoms with E-state index in [0.717, 1.165) is 5.56 Å². The summed E-state index contributed by atoms with van der Waals surface area (Å²) in [7, 11) is 3.41. The van der Waals surface area contributed by atoms with E-state index in [4.69, 9.17) is 5.11 Å². The third-order valence-electron chi connectivity index (χ3n) is 3.36. The molecule has 126 valence electrons. The summed E-state index contributed by atoms with van der Waals surface area (Å²) in [4.78, 5) is 35.9. The highest BCUT2D eigenvalue weighted by Crippen LogP contribution is 2.25. The number of anilines is 1. The maximum Gasteiger partial charge on any atom is 0.303 e. The summed E-state index contributed by atoms with van der Waals surface area (Å²) in [5.74, 6) is -1.14. The highest BCUT2D eigenvalue weighted by atomic mass is 16.4. The molecule has 0 spiro atoms. The molecule has 6 nitrogen and oxygen atoms in total. The van der Waals surface area contributed by atoms with Crippen LogP contribution in [-0.2, 0) is 20.8 Å². The molecule has 0 atom stereocenters. The van der Waals surface area contributed by atoms with Gasteiger partial charge in [-0.05, 0) is 23.1 Å². The first-order chi connectivity index (χ1) is 10.6. The topological polar surface area (TPSA) is 86.7 Å². The van der Waals surface area contributed by atoms with Crippen LogP contribution in [0.15, 0.2) is 24.3 Å². The van der Waals surface area contributed by atoms with Gasteiger partial charge in [-0.25, -0.2) is 0 Å². The quantitative estimate of drug-likeness (QED) is 0.806. The number of carboxylic acid groups (broad SMARTS) is 1. The van der Waals surface area contributed by atoms with Crippen LogP contribution in [0, 0.1) is 5.41 Å². The molecule has 0 aliphatic rings. The normalized spacial score (nSPS) is 11.0. The number of rotatable bonds is 7. The fourth-order valence-electron chi connectivity index (χ4n) is 2.15. The second-order valence-electron chi connectivity index (χ2n) is 6.62. The van der Waals surface area contributed by atoms with Crippen molar-refractivity contribution in [1.29, 1.82) is 0 Å². The zero-order chi connectivity index (χ0) is 17.6. The van der Waals surface area contributed by atoms with E-state index in [1.165, 1.54) is 4.90 Å². The lowest BCUT2D eigenvalue weighted by Crippen LogP contribution is -2.25. The van der Waals surface area contributed by atoms with Crippen LogP contribution in [0.3, 0.4) is 0 Å². The smallest absolute Gasteiger partial charge is 0.303 e. The van der Waals surface area contributed by atoms with Gasteiger partial charge in [0.1, 0.15) is 0 Å². The SMILES string of the molecule is CN(C)C(=O)Cc1ccc(NC(=O)CC(C)(C)CC(=O)O)cc1. The second-order valence-corrected chi connectivity index (χ2v) is 6.62. The minimum atomic E-state index is -0.919. The molecule has 0 bridgehead atoms. The molecule has 1 aromatic rings. The molecule has 0 unspecified atom stereocenters. The molecule has 0 aliphatic heterocycles. The zero-order valence-electron chi connectivity index (χ0n) is 14.0. The lowest BCUT2D eigenvalue weighted by atomic mass is 9.85. The molecule has 1 rings (SSSR count). The Bertz CT molecular complexity index is 577. The van der Waals surface area contributed by atoms with E-state index >= 15 is 0 Å². The first kappa shape index (κ1) is 18.7. The average molecular weight is 320 g/mol. The summed E-state index contributed by atoms with van der Waals surface area (Å²) in [6, 6.07) is 7.06. The molecule has 0 fully saturated rings. The number of hydrogen-bond acceptors (Lipinski definition) is 3. The van der Waals surface area contributed by atoms with E-state index < -0.39 is 11.4 Å². The number of nitrogens with zero attached hydrogens (tertiary/aromatic N) is 1. The lowest BCUT2D eigenvalue weighted by molar-refractivity contribution is -0.139. The zero-order valence-corrected chi connectivity index (χ0v) is 14.0. The van der Waals surface area contributed by atoms with Crippen LogP contribution in [0.25, 0.3) is 0 Å². The minimum absolute atomic E-state index is 0.0113. The molecule has 1 aromatic carbocycles. The molecular formula is C17H24N2O4. The highest BCUT2D eigenvalue weighted by Gasteiger charge is 2.25. The number of carboxylic acids is 1. The molecule has 0 saturated carbocycles. The standard InChI is InChI=1S/C17H24N2O4/c1-17(2,11-16(22)23)10-14(20)18-13-7-5-12(6-8-13)9-15(21)19(3)4/h5-8H,9-11H2,1-4H3,(H,18,20)(H,22,23). The molecule has 0 heterocycles. The van der Waals surface area contributed by atoms with E-state index in [1.54, 1.807) is 52.2 Å². The summed E-state index contributed by atoms with van der Waals surface area (Å²) in [6.07, 6.45) is 0.374. The van der Waals surface area contributed by atoms with Crippen LogP contribution in [0.5, 0.6) is 0 Å². The number of nitrogens with one attached hydrogen (secondary N) is 1. The Labute approximate surface area is 136 Å². The van der Waals surface area contributed by atoms with E-state index in [1.807, 2.05) is 0 Å². The molecule has 23 heavy (non-hydrogen) atoms. The number of carbonyl (C=O) groups excluding carboxylic acids is 2. The highest BCUT2D eigenvalue weighted by molar-refractivity contribution is 5.91. The van der Waals surface area contributed by atoms with Crippen molar-refractivity contribution >= 4 is 23.5 Å². The average Bonchev–Trinajstić information content (AvgIpc) is 2.38. The number of benzene rings is 1. The number of amides is 2. The first-order valence-corrected chi connectivity index (χ1v) is 7.40. The monoisotopic (exact) mass is 320 g/mol. The van der Waals surface area contributed by atoms with Gasteiger partial charge in [0.25, 0.3) is 0 Å². The van der Waals surface area contributed by atoms with Gasteiger partial charge in [-0.1, -0.05) is 26.0 Å². The van der Waals surface area contributed by atoms with E-state index in [0.29, 0.717) is 12.1 Å². The Kier molecular flexibility index (Phi) is 6.30. The van der Waals surface area contributed by atoms with Crippen LogP contribution < -0.4 is 5.32 Å². The second kappa shape index (κ2) is 7.76. The number of carbonyl (C=O) groups is 3. The Morgan fingerprint density at radius 3 is 2.13 bits per heavy atom. The third-order valence-corrected chi connectivity index (χ3v) is 3.36. The van der Waals surface area contributed by atoms with Crippen LogP contribution >= 0.6 is 0 Å². The van der Waals surface area contributed by atoms with Gasteiger partial charge in [-0.2, -0.15) is 0 Å². The summed E-state index contributed by atoms with van der Waals surface area (Å²) in [5.41, 5.74) is 0.892. The molecule has 0 aliphatic carbocycles. The van der Waals surface area contributed by atoms with Crippen molar-refractivity contribution < 1.29 is 19.5 Å². The van der Waals surface area contributed by atoms with Gasteiger partial charge in [0.15, 0.2) is 0 Å². The molecule has 6 heteroatoms. The van der Waals surface area contributed by atoms with Crippen LogP contribution in [-0.4, -0.2) is 41.9 Å². The van der Waals surface area contributed by atoms with Crippen molar-refractivity contribution in [3.63, 3.8) is 0 Å². The van der Waals surface area contributed by atoms with Gasteiger partial charge in [-0.3, -0.25) is 14.4 Å².